The minimum absolute atomic E-state index is 0.0558. The van der Waals surface area contributed by atoms with Crippen LogP contribution in [-0.4, -0.2) is 128 Å². The Labute approximate surface area is 548 Å². The molecule has 4 aromatic rings. The first-order valence-corrected chi connectivity index (χ1v) is 35.6. The molecular weight excluding hydrogens is 1290 g/mol. The van der Waals surface area contributed by atoms with Crippen LogP contribution in [0.5, 0.6) is 11.5 Å². The van der Waals surface area contributed by atoms with Crippen LogP contribution in [0.3, 0.4) is 0 Å². The fourth-order valence-corrected chi connectivity index (χ4v) is 18.4. The highest BCUT2D eigenvalue weighted by Gasteiger charge is 2.85. The van der Waals surface area contributed by atoms with Gasteiger partial charge in [-0.15, -0.1) is 0 Å². The molecule has 0 spiro atoms. The molecule has 0 bridgehead atoms. The first-order valence-electron chi connectivity index (χ1n) is 32.5. The number of carbonyl (C=O) groups excluding carboxylic acids is 2. The van der Waals surface area contributed by atoms with Crippen LogP contribution >= 0.6 is 29.9 Å². The zero-order chi connectivity index (χ0) is 68.2. The summed E-state index contributed by atoms with van der Waals surface area (Å²) in [6.45, 7) is 10.1. The number of aryl methyl sites for hydroxylation is 1. The molecule has 0 radical (unpaired) electrons. The van der Waals surface area contributed by atoms with Gasteiger partial charge < -0.3 is 28.2 Å². The van der Waals surface area contributed by atoms with Crippen LogP contribution < -0.4 is 4.74 Å². The van der Waals surface area contributed by atoms with Gasteiger partial charge in [0.2, 0.25) is 0 Å². The van der Waals surface area contributed by atoms with Crippen LogP contribution in [0.4, 0.5) is 53.1 Å². The number of carbonyl (C=O) groups is 2. The van der Waals surface area contributed by atoms with Crippen molar-refractivity contribution >= 4 is 41.9 Å². The van der Waals surface area contributed by atoms with Gasteiger partial charge in [-0.25, -0.2) is 18.5 Å². The van der Waals surface area contributed by atoms with E-state index in [0.717, 1.165) is 82.3 Å². The van der Waals surface area contributed by atoms with Gasteiger partial charge in [0.15, 0.2) is 0 Å². The third-order valence-corrected chi connectivity index (χ3v) is 23.4. The number of ether oxygens (including phenoxy) is 5. The van der Waals surface area contributed by atoms with Crippen molar-refractivity contribution < 1.29 is 87.5 Å². The van der Waals surface area contributed by atoms with Gasteiger partial charge in [0.1, 0.15) is 43.6 Å². The highest BCUT2D eigenvalue weighted by atomic mass is 33.1. The number of fused-ring (bicyclic) bond motifs is 8. The van der Waals surface area contributed by atoms with Crippen molar-refractivity contribution in [3.63, 3.8) is 0 Å². The van der Waals surface area contributed by atoms with Crippen LogP contribution in [0.15, 0.2) is 78.9 Å². The molecule has 8 rings (SSSR count). The Kier molecular flexibility index (Phi) is 25.4. The van der Waals surface area contributed by atoms with Crippen LogP contribution in [0, 0.1) is 46.1 Å². The molecular formula is C68H83F11N3O8PS2. The van der Waals surface area contributed by atoms with Crippen molar-refractivity contribution in [2.24, 2.45) is 23.2 Å². The van der Waals surface area contributed by atoms with Crippen LogP contribution in [0.1, 0.15) is 158 Å². The van der Waals surface area contributed by atoms with Gasteiger partial charge in [-0.3, -0.25) is 9.46 Å². The molecule has 0 aliphatic heterocycles. The first kappa shape index (κ1) is 72.5. The molecule has 11 nitrogen and oxygen atoms in total. The summed E-state index contributed by atoms with van der Waals surface area (Å²) < 4.78 is 198. The van der Waals surface area contributed by atoms with E-state index < -0.39 is 92.8 Å². The molecule has 0 saturated heterocycles. The average molecular weight is 1380 g/mol. The molecule has 2 unspecified atom stereocenters. The van der Waals surface area contributed by atoms with Gasteiger partial charge in [-0.2, -0.15) is 44.8 Å². The van der Waals surface area contributed by atoms with Gasteiger partial charge in [-0.05, 0) is 173 Å². The normalized spacial score (nSPS) is 20.6. The number of nitriles is 1. The fourth-order valence-electron chi connectivity index (χ4n) is 14.1. The Morgan fingerprint density at radius 1 is 0.763 bits per heavy atom. The first-order chi connectivity index (χ1) is 44.7. The third kappa shape index (κ3) is 17.3. The van der Waals surface area contributed by atoms with Gasteiger partial charge in [0, 0.05) is 75.4 Å². The molecule has 0 heterocycles. The summed E-state index contributed by atoms with van der Waals surface area (Å²) in [5.41, 5.74) is -1.87. The third-order valence-electron chi connectivity index (χ3n) is 18.3. The van der Waals surface area contributed by atoms with E-state index in [4.69, 9.17) is 30.1 Å². The number of hydrogen-bond acceptors (Lipinski definition) is 12. The molecule has 4 aliphatic rings. The van der Waals surface area contributed by atoms with Crippen molar-refractivity contribution in [3.05, 3.63) is 118 Å². The van der Waals surface area contributed by atoms with Crippen molar-refractivity contribution in [2.45, 2.75) is 173 Å². The number of halogens is 11. The number of alkyl halides is 9. The predicted octanol–water partition coefficient (Wildman–Crippen LogP) is 19.2. The van der Waals surface area contributed by atoms with E-state index in [-0.39, 0.29) is 79.6 Å². The Bertz CT molecular complexity index is 3100. The van der Waals surface area contributed by atoms with Crippen molar-refractivity contribution in [1.29, 1.82) is 5.26 Å². The van der Waals surface area contributed by atoms with Gasteiger partial charge >= 0.3 is 30.2 Å². The number of imide groups is 1. The zero-order valence-electron chi connectivity index (χ0n) is 53.9. The van der Waals surface area contributed by atoms with E-state index in [0.29, 0.717) is 69.9 Å². The monoisotopic (exact) mass is 1370 g/mol. The summed E-state index contributed by atoms with van der Waals surface area (Å²) in [5.74, 6) is -2.49. The summed E-state index contributed by atoms with van der Waals surface area (Å²) in [6.07, 6.45) is -14.8. The van der Waals surface area contributed by atoms with Crippen LogP contribution in [0.2, 0.25) is 0 Å². The molecule has 93 heavy (non-hydrogen) atoms. The minimum Gasteiger partial charge on any atom is -0.457 e. The fraction of sp³-hybridized carbons (Fsp3) is 0.603. The van der Waals surface area contributed by atoms with Gasteiger partial charge in [0.25, 0.3) is 5.91 Å². The molecule has 4 aromatic carbocycles. The Balaban J connectivity index is 0.841. The largest absolute Gasteiger partial charge is 0.457 e. The molecule has 512 valence electrons. The summed E-state index contributed by atoms with van der Waals surface area (Å²) in [5, 5.41) is 9.11. The Hall–Kier alpha value is -4.73. The Morgan fingerprint density at radius 2 is 1.42 bits per heavy atom. The molecule has 2 fully saturated rings. The highest BCUT2D eigenvalue weighted by molar-refractivity contribution is 8.76. The molecule has 0 N–H and O–H groups in total. The minimum atomic E-state index is -6.81. The maximum Gasteiger partial charge on any atom is 0.435 e. The quantitative estimate of drug-likeness (QED) is 0.0200. The Morgan fingerprint density at radius 3 is 2.05 bits per heavy atom. The maximum absolute atomic E-state index is 16.3. The highest BCUT2D eigenvalue weighted by Crippen LogP contribution is 2.62. The summed E-state index contributed by atoms with van der Waals surface area (Å²) in [4.78, 5) is 29.2. The summed E-state index contributed by atoms with van der Waals surface area (Å²) in [6, 6.07) is 25.4. The predicted molar refractivity (Wildman–Crippen MR) is 338 cm³/mol. The smallest absolute Gasteiger partial charge is 0.435 e. The lowest BCUT2D eigenvalue weighted by Gasteiger charge is -2.50. The summed E-state index contributed by atoms with van der Waals surface area (Å²) >= 11 is 0. The van der Waals surface area contributed by atoms with Crippen molar-refractivity contribution in [2.75, 3.05) is 63.9 Å². The maximum atomic E-state index is 16.3. The van der Waals surface area contributed by atoms with E-state index in [1.54, 1.807) is 22.9 Å². The number of benzene rings is 4. The van der Waals surface area contributed by atoms with Crippen LogP contribution in [-0.2, 0) is 29.9 Å². The SMILES string of the molecule is [2H]CC(CCCOCCSSCCCN(C(=O)OCC1c2ccccc2-c2ccccc21)C(=O)c1c(F)cc(Oc2ccc3c(c2)CC[C@@H]2[C@@H]3CC[C@]3(C)[C@@H](OCCCOC(C(F)(F)F)(C(F)(F)F)C(F)(F)F)CC[C@@H]23)cc1F)COP(CCCC#N)N(C(C)C)C(C)C. The topological polar surface area (TPSA) is 120 Å². The number of nitrogens with zero attached hydrogens (tertiary/aromatic N) is 3. The lowest BCUT2D eigenvalue weighted by Crippen LogP contribution is -2.67. The number of amides is 2. The molecule has 2 amide bonds. The zero-order valence-corrected chi connectivity index (χ0v) is 55.4. The molecule has 2 saturated carbocycles. The average Bonchev–Trinajstić information content (AvgIpc) is 0.855. The summed E-state index contributed by atoms with van der Waals surface area (Å²) in [7, 11) is 2.15. The van der Waals surface area contributed by atoms with Crippen molar-refractivity contribution in [1.82, 2.24) is 9.57 Å². The second-order valence-electron chi connectivity index (χ2n) is 25.1. The van der Waals surface area contributed by atoms with Crippen molar-refractivity contribution in [3.8, 4) is 28.7 Å². The molecule has 7 atom stereocenters. The van der Waals surface area contributed by atoms with Gasteiger partial charge in [-0.1, -0.05) is 90.0 Å². The molecule has 0 aromatic heterocycles. The van der Waals surface area contributed by atoms with Gasteiger partial charge in [0.05, 0.1) is 32.0 Å². The standard InChI is InChI=1S/C68H83F11N3O8PS2/c1-43(2)82(44(3)4)91(35-12-11-29-80)89-41-45(5)16-13-31-85-34-37-93-92-36-14-30-81(63(84)87-42-56-52-19-9-7-17-50(52)51-18-8-10-20-53(51)56)62(83)61-58(69)39-48(40-59(61)70)90-47-22-24-49-46(38-47)21-23-55-54(49)27-28-64(6)57(55)25-26-60(64)86-32-15-33-88-65(66(71,72)73,67(74,75)76)68(77,78)79/h7-10,17-20,22,24,38-40,43-45,54-57,60H,11-16,21,23,25-28,30-37,41-42H2,1-6H3/t45?,54-,55-,57+,60+,64+,91?/m1/s1/i5D. The lowest BCUT2D eigenvalue weighted by atomic mass is 9.55. The molecule has 4 aliphatic carbocycles. The molecule has 25 heteroatoms. The van der Waals surface area contributed by atoms with E-state index >= 15 is 8.78 Å². The second-order valence-corrected chi connectivity index (χ2v) is 29.7. The number of hydrogen-bond donors (Lipinski definition) is 0. The number of unbranched alkanes of at least 4 members (excludes halogenated alkanes) is 1. The lowest BCUT2D eigenvalue weighted by molar-refractivity contribution is -0.457. The van der Waals surface area contributed by atoms with E-state index in [1.807, 2.05) is 61.5 Å². The van der Waals surface area contributed by atoms with E-state index in [9.17, 15) is 49.1 Å². The van der Waals surface area contributed by atoms with Crippen LogP contribution in [0.25, 0.3) is 11.1 Å². The van der Waals surface area contributed by atoms with E-state index in [1.165, 1.54) is 10.8 Å². The number of rotatable bonds is 32. The van der Waals surface area contributed by atoms with E-state index in [2.05, 4.69) is 43.2 Å². The second kappa shape index (κ2) is 32.5.